The first-order valence-electron chi connectivity index (χ1n) is 5.63. The molecular formula is C12H18FN2O3+. The first-order chi connectivity index (χ1) is 8.54. The van der Waals surface area contributed by atoms with Crippen molar-refractivity contribution >= 4 is 5.69 Å². The second-order valence-electron chi connectivity index (χ2n) is 4.06. The first-order valence-corrected chi connectivity index (χ1v) is 5.63. The number of hydrogen-bond donors (Lipinski definition) is 0. The summed E-state index contributed by atoms with van der Waals surface area (Å²) in [5.74, 6) is -0.433. The molecule has 0 spiro atoms. The molecule has 18 heavy (non-hydrogen) atoms. The number of benzene rings is 1. The second kappa shape index (κ2) is 6.90. The van der Waals surface area contributed by atoms with E-state index in [1.807, 2.05) is 19.0 Å². The summed E-state index contributed by atoms with van der Waals surface area (Å²) in [4.78, 5) is 17.8. The zero-order valence-corrected chi connectivity index (χ0v) is 10.9. The van der Waals surface area contributed by atoms with E-state index in [-0.39, 0.29) is 16.4 Å². The number of rotatable bonds is 7. The van der Waals surface area contributed by atoms with Crippen LogP contribution in [-0.2, 0) is 4.84 Å². The van der Waals surface area contributed by atoms with Gasteiger partial charge in [-0.05, 0) is 26.6 Å². The van der Waals surface area contributed by atoms with Crippen LogP contribution >= 0.6 is 0 Å². The zero-order chi connectivity index (χ0) is 13.5. The van der Waals surface area contributed by atoms with Gasteiger partial charge in [0.2, 0.25) is 0 Å². The monoisotopic (exact) mass is 257 g/mol. The zero-order valence-electron chi connectivity index (χ0n) is 10.9. The van der Waals surface area contributed by atoms with Crippen LogP contribution in [0.5, 0.6) is 5.75 Å². The number of ether oxygens (including phenoxy) is 1. The van der Waals surface area contributed by atoms with Crippen LogP contribution in [0.25, 0.3) is 0 Å². The maximum atomic E-state index is 13.6. The van der Waals surface area contributed by atoms with Crippen LogP contribution in [0.2, 0.25) is 0 Å². The lowest BCUT2D eigenvalue weighted by atomic mass is 10.3. The van der Waals surface area contributed by atoms with Gasteiger partial charge < -0.3 is 9.64 Å². The lowest BCUT2D eigenvalue weighted by Crippen LogP contribution is -2.15. The Morgan fingerprint density at radius 3 is 2.67 bits per heavy atom. The van der Waals surface area contributed by atoms with E-state index in [2.05, 4.69) is 4.84 Å². The fourth-order valence-corrected chi connectivity index (χ4v) is 1.39. The van der Waals surface area contributed by atoms with Gasteiger partial charge in [-0.1, -0.05) is 0 Å². The van der Waals surface area contributed by atoms with Crippen molar-refractivity contribution in [3.63, 3.8) is 0 Å². The molecule has 5 nitrogen and oxygen atoms in total. The molecule has 0 atom stereocenters. The van der Waals surface area contributed by atoms with E-state index in [1.54, 1.807) is 0 Å². The number of halogens is 1. The average molecular weight is 257 g/mol. The molecule has 0 aliphatic carbocycles. The normalized spacial score (nSPS) is 10.5. The Morgan fingerprint density at radius 1 is 1.39 bits per heavy atom. The highest BCUT2D eigenvalue weighted by molar-refractivity contribution is 5.37. The van der Waals surface area contributed by atoms with E-state index in [4.69, 9.17) is 4.74 Å². The van der Waals surface area contributed by atoms with Gasteiger partial charge in [0.25, 0.3) is 4.92 Å². The van der Waals surface area contributed by atoms with E-state index in [0.717, 1.165) is 19.0 Å². The molecule has 0 heterocycles. The molecule has 1 aromatic carbocycles. The smallest absolute Gasteiger partial charge is 0.319 e. The van der Waals surface area contributed by atoms with Gasteiger partial charge in [-0.2, -0.15) is 0 Å². The molecule has 1 rings (SSSR count). The van der Waals surface area contributed by atoms with Crippen LogP contribution in [0.3, 0.4) is 0 Å². The fourth-order valence-electron chi connectivity index (χ4n) is 1.39. The lowest BCUT2D eigenvalue weighted by molar-refractivity contribution is -0.736. The fraction of sp³-hybridized carbons (Fsp3) is 0.500. The van der Waals surface area contributed by atoms with Gasteiger partial charge in [-0.15, -0.1) is 0 Å². The number of nitrogens with zero attached hydrogens (tertiary/aromatic N) is 2. The highest BCUT2D eigenvalue weighted by atomic mass is 19.1. The van der Waals surface area contributed by atoms with Gasteiger partial charge in [-0.25, -0.2) is 9.23 Å². The molecule has 6 heteroatoms. The second-order valence-corrected chi connectivity index (χ2v) is 4.06. The quantitative estimate of drug-likeness (QED) is 0.554. The molecule has 0 aliphatic rings. The van der Waals surface area contributed by atoms with Crippen LogP contribution in [0.1, 0.15) is 6.42 Å². The van der Waals surface area contributed by atoms with Crippen molar-refractivity contribution in [3.05, 3.63) is 28.9 Å². The average Bonchev–Trinajstić information content (AvgIpc) is 2.34. The maximum absolute atomic E-state index is 13.6. The van der Waals surface area contributed by atoms with E-state index in [1.165, 1.54) is 19.2 Å². The largest absolute Gasteiger partial charge is 0.490 e. The molecule has 0 amide bonds. The first kappa shape index (κ1) is 14.4. The summed E-state index contributed by atoms with van der Waals surface area (Å²) in [6, 6.07) is 3.95. The van der Waals surface area contributed by atoms with Gasteiger partial charge in [0, 0.05) is 12.6 Å². The molecule has 0 aliphatic heterocycles. The minimum atomic E-state index is -0.574. The Bertz CT molecular complexity index is 410. The summed E-state index contributed by atoms with van der Waals surface area (Å²) in [7, 11) is 5.14. The summed E-state index contributed by atoms with van der Waals surface area (Å²) < 4.78 is 18.9. The predicted molar refractivity (Wildman–Crippen MR) is 65.4 cm³/mol. The van der Waals surface area contributed by atoms with E-state index in [9.17, 15) is 9.30 Å². The van der Waals surface area contributed by atoms with Crippen molar-refractivity contribution in [1.82, 2.24) is 4.90 Å². The third kappa shape index (κ3) is 4.29. The lowest BCUT2D eigenvalue weighted by Gasteiger charge is -2.10. The Morgan fingerprint density at radius 2 is 2.11 bits per heavy atom. The predicted octanol–water partition coefficient (Wildman–Crippen LogP) is 2.13. The molecule has 100 valence electrons. The molecule has 0 unspecified atom stereocenters. The van der Waals surface area contributed by atoms with E-state index in [0.29, 0.717) is 6.61 Å². The van der Waals surface area contributed by atoms with Crippen molar-refractivity contribution in [2.75, 3.05) is 34.4 Å². The van der Waals surface area contributed by atoms with Gasteiger partial charge in [0.05, 0.1) is 17.6 Å². The number of hydrogen-bond acceptors (Lipinski definition) is 4. The van der Waals surface area contributed by atoms with E-state index < -0.39 is 5.82 Å². The molecule has 1 aromatic rings. The van der Waals surface area contributed by atoms with Crippen molar-refractivity contribution in [2.24, 2.45) is 0 Å². The summed E-state index contributed by atoms with van der Waals surface area (Å²) in [6.07, 6.45) is 0.805. The molecule has 0 N–H and O–H groups in total. The molecule has 0 saturated carbocycles. The van der Waals surface area contributed by atoms with Gasteiger partial charge >= 0.3 is 5.69 Å². The molecular weight excluding hydrogens is 239 g/mol. The van der Waals surface area contributed by atoms with Crippen LogP contribution in [0, 0.1) is 10.7 Å². The van der Waals surface area contributed by atoms with E-state index >= 15 is 0 Å². The topological polar surface area (TPSA) is 41.8 Å². The molecule has 0 aromatic heterocycles. The van der Waals surface area contributed by atoms with Gasteiger partial charge in [0.15, 0.2) is 18.7 Å². The minimum Gasteiger partial charge on any atom is -0.490 e. The van der Waals surface area contributed by atoms with Crippen molar-refractivity contribution in [2.45, 2.75) is 6.42 Å². The standard InChI is InChI=1S/C12H18FN2O3/c1-14(2)7-4-8-18-12-6-5-10(9-11(12)13)15(16)17-3/h5-6,9H,4,7-8H2,1-3H3/q+1. The summed E-state index contributed by atoms with van der Waals surface area (Å²) in [6.45, 7) is 1.30. The Balaban J connectivity index is 2.55. The molecule has 0 fully saturated rings. The Labute approximate surface area is 106 Å². The van der Waals surface area contributed by atoms with Crippen molar-refractivity contribution in [1.29, 1.82) is 0 Å². The summed E-state index contributed by atoms with van der Waals surface area (Å²) in [5, 5.41) is 0. The van der Waals surface area contributed by atoms with Crippen molar-refractivity contribution < 1.29 is 18.9 Å². The minimum absolute atomic E-state index is 0.0932. The third-order valence-corrected chi connectivity index (χ3v) is 2.30. The summed E-state index contributed by atoms with van der Waals surface area (Å²) in [5.41, 5.74) is 0.0932. The van der Waals surface area contributed by atoms with Crippen LogP contribution in [-0.4, -0.2) is 44.2 Å². The van der Waals surface area contributed by atoms with Crippen molar-refractivity contribution in [3.8, 4) is 5.75 Å². The van der Waals surface area contributed by atoms with Crippen LogP contribution in [0.15, 0.2) is 18.2 Å². The highest BCUT2D eigenvalue weighted by Gasteiger charge is 2.17. The molecule has 0 bridgehead atoms. The van der Waals surface area contributed by atoms with Crippen LogP contribution in [0.4, 0.5) is 10.1 Å². The SMILES string of the molecule is CO[N+](=O)c1ccc(OCCCN(C)C)c(F)c1. The Hall–Kier alpha value is -1.69. The van der Waals surface area contributed by atoms with Gasteiger partial charge in [-0.3, -0.25) is 0 Å². The Kier molecular flexibility index (Phi) is 5.51. The highest BCUT2D eigenvalue weighted by Crippen LogP contribution is 2.22. The molecule has 0 radical (unpaired) electrons. The maximum Gasteiger partial charge on any atom is 0.319 e. The van der Waals surface area contributed by atoms with Gasteiger partial charge in [0.1, 0.15) is 0 Å². The van der Waals surface area contributed by atoms with Crippen LogP contribution < -0.4 is 4.74 Å². The third-order valence-electron chi connectivity index (χ3n) is 2.30. The molecule has 0 saturated heterocycles. The summed E-state index contributed by atoms with van der Waals surface area (Å²) >= 11 is 0.